The molecule has 6 aliphatic carbocycles. The van der Waals surface area contributed by atoms with E-state index in [0.29, 0.717) is 10.8 Å². The third-order valence-electron chi connectivity index (χ3n) is 9.92. The number of rotatable bonds is 5. The van der Waals surface area contributed by atoms with E-state index in [1.165, 1.54) is 70.6 Å². The Hall–Kier alpha value is -0.530. The van der Waals surface area contributed by atoms with Gasteiger partial charge in [0, 0.05) is 5.41 Å². The van der Waals surface area contributed by atoms with Crippen LogP contribution in [0, 0.1) is 27.6 Å². The number of carbonyl (C=O) groups excluding carboxylic acids is 1. The fraction of sp³-hybridized carbons (Fsp3) is 0.955. The maximum absolute atomic E-state index is 11.9. The highest BCUT2D eigenvalue weighted by atomic mass is 16.1. The van der Waals surface area contributed by atoms with Gasteiger partial charge in [-0.2, -0.15) is 0 Å². The Morgan fingerprint density at radius 2 is 1.29 bits per heavy atom. The van der Waals surface area contributed by atoms with Crippen LogP contribution in [-0.4, -0.2) is 5.91 Å². The van der Waals surface area contributed by atoms with Crippen molar-refractivity contribution >= 4 is 5.91 Å². The molecule has 0 spiro atoms. The average molecular weight is 332 g/mol. The highest BCUT2D eigenvalue weighted by Gasteiger charge is 2.55. The van der Waals surface area contributed by atoms with Crippen LogP contribution in [0.25, 0.3) is 0 Å². The monoisotopic (exact) mass is 331 g/mol. The Morgan fingerprint density at radius 3 is 1.71 bits per heavy atom. The fourth-order valence-electron chi connectivity index (χ4n) is 7.37. The summed E-state index contributed by atoms with van der Waals surface area (Å²) in [5.41, 5.74) is 7.52. The first-order valence-electron chi connectivity index (χ1n) is 10.7. The van der Waals surface area contributed by atoms with E-state index in [9.17, 15) is 4.79 Å². The molecule has 1 atom stereocenters. The molecule has 0 heterocycles. The number of hydrogen-bond donors (Lipinski definition) is 1. The van der Waals surface area contributed by atoms with E-state index in [0.717, 1.165) is 30.6 Å². The summed E-state index contributed by atoms with van der Waals surface area (Å²) in [4.78, 5) is 11.9. The van der Waals surface area contributed by atoms with Gasteiger partial charge in [-0.3, -0.25) is 4.79 Å². The predicted octanol–water partition coefficient (Wildman–Crippen LogP) is 5.59. The van der Waals surface area contributed by atoms with Gasteiger partial charge in [-0.25, -0.2) is 0 Å². The summed E-state index contributed by atoms with van der Waals surface area (Å²) in [5.74, 6) is 0.852. The molecule has 1 amide bonds. The van der Waals surface area contributed by atoms with E-state index in [4.69, 9.17) is 5.73 Å². The van der Waals surface area contributed by atoms with Crippen molar-refractivity contribution in [3.63, 3.8) is 0 Å². The third kappa shape index (κ3) is 2.38. The first kappa shape index (κ1) is 16.9. The Balaban J connectivity index is 1.43. The maximum Gasteiger partial charge on any atom is 0.223 e. The van der Waals surface area contributed by atoms with Crippen molar-refractivity contribution in [2.75, 3.05) is 0 Å². The zero-order valence-electron chi connectivity index (χ0n) is 16.0. The highest BCUT2D eigenvalue weighted by molar-refractivity contribution is 5.81. The van der Waals surface area contributed by atoms with Crippen molar-refractivity contribution in [1.82, 2.24) is 0 Å². The molecule has 6 aliphatic rings. The standard InChI is InChI=1S/C22H37NO/c1-3-19-4-10-21(11-5-19,12-6-19)17(2)16-20-7-13-22(14-8-20,15-9-20)18(23)24/h17H,3-16H2,1-2H3,(H2,23,24). The van der Waals surface area contributed by atoms with Gasteiger partial charge in [0.2, 0.25) is 5.91 Å². The van der Waals surface area contributed by atoms with E-state index >= 15 is 0 Å². The lowest BCUT2D eigenvalue weighted by molar-refractivity contribution is -0.139. The molecule has 4 bridgehead atoms. The molecule has 2 nitrogen and oxygen atoms in total. The molecule has 6 fully saturated rings. The number of carbonyl (C=O) groups is 1. The van der Waals surface area contributed by atoms with E-state index in [1.807, 2.05) is 0 Å². The van der Waals surface area contributed by atoms with Crippen LogP contribution < -0.4 is 5.73 Å². The van der Waals surface area contributed by atoms with Gasteiger partial charge in [-0.05, 0) is 106 Å². The van der Waals surface area contributed by atoms with Crippen LogP contribution in [0.5, 0.6) is 0 Å². The van der Waals surface area contributed by atoms with Gasteiger partial charge in [0.25, 0.3) is 0 Å². The fourth-order valence-corrected chi connectivity index (χ4v) is 7.37. The van der Waals surface area contributed by atoms with Crippen molar-refractivity contribution in [2.45, 2.75) is 104 Å². The van der Waals surface area contributed by atoms with E-state index in [2.05, 4.69) is 13.8 Å². The van der Waals surface area contributed by atoms with Crippen LogP contribution in [0.2, 0.25) is 0 Å². The van der Waals surface area contributed by atoms with Crippen LogP contribution in [0.1, 0.15) is 104 Å². The molecule has 0 radical (unpaired) electrons. The van der Waals surface area contributed by atoms with E-state index in [-0.39, 0.29) is 11.3 Å². The largest absolute Gasteiger partial charge is 0.369 e. The number of amides is 1. The summed E-state index contributed by atoms with van der Waals surface area (Å²) in [6, 6.07) is 0. The van der Waals surface area contributed by atoms with Crippen molar-refractivity contribution < 1.29 is 4.79 Å². The Bertz CT molecular complexity index is 473. The molecule has 24 heavy (non-hydrogen) atoms. The van der Waals surface area contributed by atoms with Gasteiger partial charge < -0.3 is 5.73 Å². The SMILES string of the molecule is CCC12CCC(C(C)CC34CCC(C(N)=O)(CC3)CC4)(CC1)CC2. The minimum absolute atomic E-state index is 0.0158. The van der Waals surface area contributed by atoms with Gasteiger partial charge >= 0.3 is 0 Å². The lowest BCUT2D eigenvalue weighted by Crippen LogP contribution is -2.50. The van der Waals surface area contributed by atoms with Gasteiger partial charge in [0.1, 0.15) is 0 Å². The summed E-state index contributed by atoms with van der Waals surface area (Å²) in [6.45, 7) is 4.99. The molecule has 2 N–H and O–H groups in total. The lowest BCUT2D eigenvalue weighted by Gasteiger charge is -2.59. The maximum atomic E-state index is 11.9. The summed E-state index contributed by atoms with van der Waals surface area (Å²) < 4.78 is 0. The highest BCUT2D eigenvalue weighted by Crippen LogP contribution is 2.65. The second-order valence-electron chi connectivity index (χ2n) is 10.5. The number of nitrogens with two attached hydrogens (primary N) is 1. The number of primary amides is 1. The normalized spacial score (nSPS) is 48.4. The second kappa shape index (κ2) is 5.48. The molecule has 136 valence electrons. The Labute approximate surface area is 148 Å². The summed E-state index contributed by atoms with van der Waals surface area (Å²) in [5, 5.41) is 0. The van der Waals surface area contributed by atoms with Crippen LogP contribution in [0.4, 0.5) is 0 Å². The first-order valence-corrected chi connectivity index (χ1v) is 10.7. The molecule has 2 heteroatoms. The third-order valence-corrected chi connectivity index (χ3v) is 9.92. The molecular formula is C22H37NO. The van der Waals surface area contributed by atoms with Crippen molar-refractivity contribution in [2.24, 2.45) is 33.3 Å². The summed E-state index contributed by atoms with van der Waals surface area (Å²) in [7, 11) is 0. The molecular weight excluding hydrogens is 294 g/mol. The smallest absolute Gasteiger partial charge is 0.223 e. The quantitative estimate of drug-likeness (QED) is 0.701. The van der Waals surface area contributed by atoms with Crippen LogP contribution in [0.3, 0.4) is 0 Å². The van der Waals surface area contributed by atoms with Crippen molar-refractivity contribution in [3.05, 3.63) is 0 Å². The minimum Gasteiger partial charge on any atom is -0.369 e. The van der Waals surface area contributed by atoms with Gasteiger partial charge in [-0.1, -0.05) is 20.3 Å². The molecule has 6 saturated carbocycles. The average Bonchev–Trinajstić information content (AvgIpc) is 2.64. The van der Waals surface area contributed by atoms with Gasteiger partial charge in [0.15, 0.2) is 0 Å². The minimum atomic E-state index is -0.125. The molecule has 0 aromatic carbocycles. The predicted molar refractivity (Wildman–Crippen MR) is 98.4 cm³/mol. The zero-order valence-corrected chi connectivity index (χ0v) is 16.0. The topological polar surface area (TPSA) is 43.1 Å². The van der Waals surface area contributed by atoms with Gasteiger partial charge in [0.05, 0.1) is 0 Å². The summed E-state index contributed by atoms with van der Waals surface area (Å²) in [6.07, 6.45) is 18.7. The van der Waals surface area contributed by atoms with Crippen LogP contribution >= 0.6 is 0 Å². The number of fused-ring (bicyclic) bond motifs is 6. The lowest BCUT2D eigenvalue weighted by atomic mass is 9.46. The summed E-state index contributed by atoms with van der Waals surface area (Å²) >= 11 is 0. The number of hydrogen-bond acceptors (Lipinski definition) is 1. The molecule has 0 saturated heterocycles. The molecule has 0 aromatic rings. The van der Waals surface area contributed by atoms with Crippen molar-refractivity contribution in [1.29, 1.82) is 0 Å². The molecule has 0 aromatic heterocycles. The molecule has 6 rings (SSSR count). The van der Waals surface area contributed by atoms with Crippen molar-refractivity contribution in [3.8, 4) is 0 Å². The zero-order chi connectivity index (χ0) is 17.1. The van der Waals surface area contributed by atoms with E-state index in [1.54, 1.807) is 0 Å². The van der Waals surface area contributed by atoms with E-state index < -0.39 is 0 Å². The van der Waals surface area contributed by atoms with Crippen LogP contribution in [-0.2, 0) is 4.79 Å². The Kier molecular flexibility index (Phi) is 3.86. The first-order chi connectivity index (χ1) is 11.4. The second-order valence-corrected chi connectivity index (χ2v) is 10.5. The molecule has 1 unspecified atom stereocenters. The van der Waals surface area contributed by atoms with Crippen LogP contribution in [0.15, 0.2) is 0 Å². The van der Waals surface area contributed by atoms with Gasteiger partial charge in [-0.15, -0.1) is 0 Å². The molecule has 0 aliphatic heterocycles. The Morgan fingerprint density at radius 1 is 0.833 bits per heavy atom.